The highest BCUT2D eigenvalue weighted by atomic mass is 35.5. The summed E-state index contributed by atoms with van der Waals surface area (Å²) >= 11 is 12.5. The van der Waals surface area contributed by atoms with Crippen LogP contribution in [0.15, 0.2) is 0 Å². The van der Waals surface area contributed by atoms with Gasteiger partial charge in [-0.15, -0.1) is 37.2 Å². The molecule has 0 amide bonds. The number of aromatic nitrogens is 2. The Bertz CT molecular complexity index is 592. The Morgan fingerprint density at radius 2 is 1.55 bits per heavy atom. The molecule has 2 fully saturated rings. The van der Waals surface area contributed by atoms with Crippen LogP contribution in [0.25, 0.3) is 0 Å². The Morgan fingerprint density at radius 3 is 2.14 bits per heavy atom. The Kier molecular flexibility index (Phi) is 14.4. The van der Waals surface area contributed by atoms with Crippen LogP contribution >= 0.6 is 60.4 Å². The van der Waals surface area contributed by atoms with Crippen molar-refractivity contribution in [1.29, 1.82) is 0 Å². The maximum atomic E-state index is 6.36. The Balaban J connectivity index is 0.00000261. The van der Waals surface area contributed by atoms with Crippen LogP contribution < -0.4 is 16.4 Å². The molecule has 1 saturated heterocycles. The van der Waals surface area contributed by atoms with Gasteiger partial charge in [0.25, 0.3) is 0 Å². The highest BCUT2D eigenvalue weighted by molar-refractivity contribution is 6.42. The van der Waals surface area contributed by atoms with E-state index in [-0.39, 0.29) is 37.2 Å². The minimum Gasteiger partial charge on any atom is -0.353 e. The van der Waals surface area contributed by atoms with Crippen LogP contribution in [0.4, 0.5) is 5.82 Å². The maximum Gasteiger partial charge on any atom is 0.153 e. The molecule has 4 N–H and O–H groups in total. The Labute approximate surface area is 202 Å². The van der Waals surface area contributed by atoms with Gasteiger partial charge in [-0.05, 0) is 51.1 Å². The van der Waals surface area contributed by atoms with Gasteiger partial charge in [0.15, 0.2) is 11.0 Å². The number of hydrogen-bond donors (Lipinski definition) is 2. The largest absolute Gasteiger partial charge is 0.353 e. The van der Waals surface area contributed by atoms with E-state index in [1.165, 1.54) is 38.6 Å². The van der Waals surface area contributed by atoms with Gasteiger partial charge in [-0.2, -0.15) is 0 Å². The van der Waals surface area contributed by atoms with Crippen molar-refractivity contribution in [3.63, 3.8) is 0 Å². The minimum atomic E-state index is 0. The summed E-state index contributed by atoms with van der Waals surface area (Å²) in [6.45, 7) is 5.53. The van der Waals surface area contributed by atoms with Gasteiger partial charge in [0.2, 0.25) is 0 Å². The number of anilines is 1. The molecule has 0 unspecified atom stereocenters. The zero-order valence-corrected chi connectivity index (χ0v) is 20.5. The highest BCUT2D eigenvalue weighted by Gasteiger charge is 2.24. The van der Waals surface area contributed by atoms with Gasteiger partial charge in [-0.1, -0.05) is 23.2 Å². The first-order valence-corrected chi connectivity index (χ1v) is 10.5. The molecule has 3 rings (SSSR count). The molecule has 11 heteroatoms. The minimum absolute atomic E-state index is 0. The van der Waals surface area contributed by atoms with Crippen LogP contribution in [0, 0.1) is 5.92 Å². The summed E-state index contributed by atoms with van der Waals surface area (Å²) in [5, 5.41) is 0.762. The molecule has 1 saturated carbocycles. The predicted molar refractivity (Wildman–Crippen MR) is 130 cm³/mol. The number of nitrogens with zero attached hydrogens (tertiary/aromatic N) is 4. The van der Waals surface area contributed by atoms with Crippen LogP contribution in [0.2, 0.25) is 10.2 Å². The molecule has 0 spiro atoms. The van der Waals surface area contributed by atoms with Crippen molar-refractivity contribution >= 4 is 66.2 Å². The average molecular weight is 511 g/mol. The van der Waals surface area contributed by atoms with Gasteiger partial charge in [0, 0.05) is 38.6 Å². The van der Waals surface area contributed by atoms with E-state index in [2.05, 4.69) is 19.8 Å². The molecule has 2 aliphatic rings. The summed E-state index contributed by atoms with van der Waals surface area (Å²) in [6.07, 6.45) is 6.86. The van der Waals surface area contributed by atoms with Crippen molar-refractivity contribution < 1.29 is 0 Å². The van der Waals surface area contributed by atoms with E-state index in [1.807, 2.05) is 0 Å². The van der Waals surface area contributed by atoms with E-state index < -0.39 is 0 Å². The third kappa shape index (κ3) is 8.34. The number of halogens is 5. The standard InChI is InChI=1S/C18H30Cl2N6.3ClH/c19-16-17(20)23-15(5-7-21)24-18(16)26-11-9-25(10-12-26)8-6-13-1-3-14(22)4-2-13;;;/h13-14H,1-12,21-22H2;3*1H. The first-order chi connectivity index (χ1) is 12.6. The molecule has 0 atom stereocenters. The number of hydrogen-bond acceptors (Lipinski definition) is 6. The molecular formula is C18H33Cl5N6. The summed E-state index contributed by atoms with van der Waals surface area (Å²) in [7, 11) is 0. The lowest BCUT2D eigenvalue weighted by Crippen LogP contribution is -2.47. The molecule has 0 radical (unpaired) electrons. The average Bonchev–Trinajstić information content (AvgIpc) is 2.65. The topological polar surface area (TPSA) is 84.3 Å². The van der Waals surface area contributed by atoms with Crippen LogP contribution in [-0.2, 0) is 6.42 Å². The van der Waals surface area contributed by atoms with Crippen molar-refractivity contribution in [2.75, 3.05) is 44.2 Å². The molecule has 0 aromatic carbocycles. The summed E-state index contributed by atoms with van der Waals surface area (Å²) in [4.78, 5) is 13.6. The third-order valence-corrected chi connectivity index (χ3v) is 6.34. The summed E-state index contributed by atoms with van der Waals surface area (Å²) in [5.74, 6) is 2.26. The zero-order chi connectivity index (χ0) is 18.5. The van der Waals surface area contributed by atoms with Gasteiger partial charge < -0.3 is 16.4 Å². The van der Waals surface area contributed by atoms with E-state index in [9.17, 15) is 0 Å². The van der Waals surface area contributed by atoms with Crippen LogP contribution in [0.3, 0.4) is 0 Å². The molecule has 2 heterocycles. The number of piperazine rings is 1. The van der Waals surface area contributed by atoms with Crippen LogP contribution in [0.5, 0.6) is 0 Å². The van der Waals surface area contributed by atoms with E-state index in [4.69, 9.17) is 34.7 Å². The van der Waals surface area contributed by atoms with Crippen molar-refractivity contribution in [2.24, 2.45) is 17.4 Å². The second-order valence-electron chi connectivity index (χ2n) is 7.51. The Hall–Kier alpha value is 0.210. The quantitative estimate of drug-likeness (QED) is 0.569. The number of rotatable bonds is 6. The summed E-state index contributed by atoms with van der Waals surface area (Å²) in [6, 6.07) is 0.434. The maximum absolute atomic E-state index is 6.36. The molecule has 1 aromatic rings. The van der Waals surface area contributed by atoms with E-state index in [1.54, 1.807) is 0 Å². The van der Waals surface area contributed by atoms with E-state index >= 15 is 0 Å². The van der Waals surface area contributed by atoms with Gasteiger partial charge in [-0.25, -0.2) is 9.97 Å². The molecule has 29 heavy (non-hydrogen) atoms. The molecule has 1 aromatic heterocycles. The smallest absolute Gasteiger partial charge is 0.153 e. The van der Waals surface area contributed by atoms with Crippen molar-refractivity contribution in [2.45, 2.75) is 44.6 Å². The highest BCUT2D eigenvalue weighted by Crippen LogP contribution is 2.31. The van der Waals surface area contributed by atoms with Gasteiger partial charge in [0.1, 0.15) is 10.8 Å². The van der Waals surface area contributed by atoms with Crippen molar-refractivity contribution in [3.8, 4) is 0 Å². The first-order valence-electron chi connectivity index (χ1n) is 9.71. The third-order valence-electron chi connectivity index (χ3n) is 5.62. The molecular weight excluding hydrogens is 478 g/mol. The SMILES string of the molecule is Cl.Cl.Cl.NCCc1nc(Cl)c(Cl)c(N2CCN(CCC3CCC(N)CC3)CC2)n1. The summed E-state index contributed by atoms with van der Waals surface area (Å²) < 4.78 is 0. The van der Waals surface area contributed by atoms with Crippen molar-refractivity contribution in [3.05, 3.63) is 16.0 Å². The van der Waals surface area contributed by atoms with E-state index in [0.717, 1.165) is 37.9 Å². The lowest BCUT2D eigenvalue weighted by molar-refractivity contribution is 0.216. The Morgan fingerprint density at radius 1 is 0.931 bits per heavy atom. The second-order valence-corrected chi connectivity index (χ2v) is 8.24. The van der Waals surface area contributed by atoms with Crippen LogP contribution in [0.1, 0.15) is 37.9 Å². The molecule has 1 aliphatic carbocycles. The monoisotopic (exact) mass is 508 g/mol. The predicted octanol–water partition coefficient (Wildman–Crippen LogP) is 3.58. The molecule has 170 valence electrons. The lowest BCUT2D eigenvalue weighted by atomic mass is 9.84. The molecule has 0 bridgehead atoms. The van der Waals surface area contributed by atoms with Gasteiger partial charge in [0.05, 0.1) is 0 Å². The van der Waals surface area contributed by atoms with Gasteiger partial charge >= 0.3 is 0 Å². The molecule has 6 nitrogen and oxygen atoms in total. The second kappa shape index (κ2) is 14.3. The van der Waals surface area contributed by atoms with Gasteiger partial charge in [-0.3, -0.25) is 4.90 Å². The molecule has 1 aliphatic heterocycles. The zero-order valence-electron chi connectivity index (χ0n) is 16.6. The van der Waals surface area contributed by atoms with E-state index in [0.29, 0.717) is 35.0 Å². The summed E-state index contributed by atoms with van der Waals surface area (Å²) in [5.41, 5.74) is 11.6. The lowest BCUT2D eigenvalue weighted by Gasteiger charge is -2.37. The van der Waals surface area contributed by atoms with Crippen LogP contribution in [-0.4, -0.2) is 60.2 Å². The number of nitrogens with two attached hydrogens (primary N) is 2. The normalized spacial score (nSPS) is 22.3. The fourth-order valence-electron chi connectivity index (χ4n) is 3.93. The van der Waals surface area contributed by atoms with Crippen molar-refractivity contribution in [1.82, 2.24) is 14.9 Å². The fraction of sp³-hybridized carbons (Fsp3) is 0.778. The first kappa shape index (κ1) is 29.2. The fourth-order valence-corrected chi connectivity index (χ4v) is 4.31.